The van der Waals surface area contributed by atoms with Crippen LogP contribution >= 0.6 is 24.2 Å². The van der Waals surface area contributed by atoms with Gasteiger partial charge in [0, 0.05) is 23.1 Å². The molecule has 122 valence electrons. The van der Waals surface area contributed by atoms with E-state index in [1.165, 1.54) is 18.9 Å². The fourth-order valence-electron chi connectivity index (χ4n) is 3.09. The molecule has 0 radical (unpaired) electrons. The second-order valence-electron chi connectivity index (χ2n) is 5.77. The number of benzene rings is 1. The lowest BCUT2D eigenvalue weighted by atomic mass is 10.0. The van der Waals surface area contributed by atoms with E-state index in [-0.39, 0.29) is 30.2 Å². The quantitative estimate of drug-likeness (QED) is 0.879. The van der Waals surface area contributed by atoms with Crippen molar-refractivity contribution in [3.63, 3.8) is 0 Å². The van der Waals surface area contributed by atoms with E-state index in [4.69, 9.17) is 0 Å². The molecule has 1 fully saturated rings. The summed E-state index contributed by atoms with van der Waals surface area (Å²) in [4.78, 5) is 13.2. The van der Waals surface area contributed by atoms with Gasteiger partial charge in [-0.2, -0.15) is 0 Å². The first kappa shape index (κ1) is 17.6. The van der Waals surface area contributed by atoms with Crippen molar-refractivity contribution in [2.45, 2.75) is 49.1 Å². The minimum absolute atomic E-state index is 0. The fraction of sp³-hybridized carbons (Fsp3) is 0.562. The van der Waals surface area contributed by atoms with Gasteiger partial charge in [-0.1, -0.05) is 0 Å². The Hall–Kier alpha value is -0.780. The third kappa shape index (κ3) is 4.37. The molecule has 2 aliphatic rings. The lowest BCUT2D eigenvalue weighted by Gasteiger charge is -2.26. The van der Waals surface area contributed by atoms with Crippen molar-refractivity contribution < 1.29 is 9.18 Å². The van der Waals surface area contributed by atoms with Gasteiger partial charge in [0.15, 0.2) is 0 Å². The smallest absolute Gasteiger partial charge is 0.220 e. The van der Waals surface area contributed by atoms with Crippen molar-refractivity contribution in [2.75, 3.05) is 12.3 Å². The first-order valence-corrected chi connectivity index (χ1v) is 8.66. The molecule has 2 unspecified atom stereocenters. The zero-order valence-corrected chi connectivity index (χ0v) is 14.1. The summed E-state index contributed by atoms with van der Waals surface area (Å²) in [5, 5.41) is 6.49. The van der Waals surface area contributed by atoms with Crippen molar-refractivity contribution in [1.82, 2.24) is 10.6 Å². The molecule has 3 rings (SSSR count). The van der Waals surface area contributed by atoms with Crippen LogP contribution in [0.4, 0.5) is 4.39 Å². The number of fused-ring (bicyclic) bond motifs is 1. The van der Waals surface area contributed by atoms with E-state index in [1.54, 1.807) is 17.8 Å². The lowest BCUT2D eigenvalue weighted by molar-refractivity contribution is -0.122. The Morgan fingerprint density at radius 1 is 1.41 bits per heavy atom. The zero-order valence-electron chi connectivity index (χ0n) is 12.4. The summed E-state index contributed by atoms with van der Waals surface area (Å²) in [5.41, 5.74) is 0.929. The van der Waals surface area contributed by atoms with E-state index in [0.29, 0.717) is 12.5 Å². The molecule has 0 bridgehead atoms. The van der Waals surface area contributed by atoms with Gasteiger partial charge in [0.2, 0.25) is 5.91 Å². The maximum atomic E-state index is 13.4. The van der Waals surface area contributed by atoms with Gasteiger partial charge in [-0.05, 0) is 56.0 Å². The first-order valence-electron chi connectivity index (χ1n) is 7.67. The summed E-state index contributed by atoms with van der Waals surface area (Å²) < 4.78 is 13.4. The summed E-state index contributed by atoms with van der Waals surface area (Å²) >= 11 is 1.73. The van der Waals surface area contributed by atoms with E-state index in [9.17, 15) is 9.18 Å². The molecule has 0 saturated carbocycles. The average molecular weight is 345 g/mol. The molecule has 2 atom stereocenters. The molecule has 1 aromatic rings. The highest BCUT2D eigenvalue weighted by Gasteiger charge is 2.23. The molecule has 0 spiro atoms. The molecule has 1 amide bonds. The van der Waals surface area contributed by atoms with E-state index in [1.807, 2.05) is 6.07 Å². The fourth-order valence-corrected chi connectivity index (χ4v) is 4.20. The number of hydrogen-bond acceptors (Lipinski definition) is 3. The molecule has 1 saturated heterocycles. The topological polar surface area (TPSA) is 41.1 Å². The van der Waals surface area contributed by atoms with Crippen LogP contribution in [0.5, 0.6) is 0 Å². The van der Waals surface area contributed by atoms with E-state index >= 15 is 0 Å². The standard InChI is InChI=1S/C16H21FN2OS.ClH/c17-11-3-5-15-13(10-11)14(7-9-21-15)19-16(20)6-4-12-2-1-8-18-12;/h3,5,10,12,14,18H,1-2,4,6-9H2,(H,19,20);1H. The predicted molar refractivity (Wildman–Crippen MR) is 90.1 cm³/mol. The summed E-state index contributed by atoms with van der Waals surface area (Å²) in [6.07, 6.45) is 4.68. The number of halogens is 2. The molecule has 22 heavy (non-hydrogen) atoms. The molecule has 6 heteroatoms. The second-order valence-corrected chi connectivity index (χ2v) is 6.91. The van der Waals surface area contributed by atoms with Crippen LogP contribution in [0.25, 0.3) is 0 Å². The Morgan fingerprint density at radius 3 is 3.05 bits per heavy atom. The number of hydrogen-bond donors (Lipinski definition) is 2. The summed E-state index contributed by atoms with van der Waals surface area (Å²) in [7, 11) is 0. The molecule has 2 aliphatic heterocycles. The summed E-state index contributed by atoms with van der Waals surface area (Å²) in [6, 6.07) is 5.31. The summed E-state index contributed by atoms with van der Waals surface area (Å²) in [5.74, 6) is 0.815. The van der Waals surface area contributed by atoms with Crippen molar-refractivity contribution in [3.8, 4) is 0 Å². The Labute approximate surface area is 141 Å². The van der Waals surface area contributed by atoms with Crippen molar-refractivity contribution in [1.29, 1.82) is 0 Å². The zero-order chi connectivity index (χ0) is 14.7. The van der Waals surface area contributed by atoms with Crippen LogP contribution in [0.1, 0.15) is 43.7 Å². The first-order chi connectivity index (χ1) is 10.2. The van der Waals surface area contributed by atoms with Gasteiger partial charge in [0.1, 0.15) is 5.82 Å². The Morgan fingerprint density at radius 2 is 2.27 bits per heavy atom. The number of carbonyl (C=O) groups excluding carboxylic acids is 1. The highest BCUT2D eigenvalue weighted by atomic mass is 35.5. The number of carbonyl (C=O) groups is 1. The van der Waals surface area contributed by atoms with Gasteiger partial charge < -0.3 is 10.6 Å². The van der Waals surface area contributed by atoms with Crippen molar-refractivity contribution in [2.24, 2.45) is 0 Å². The van der Waals surface area contributed by atoms with E-state index in [0.717, 1.165) is 35.6 Å². The Kier molecular flexibility index (Phi) is 6.53. The van der Waals surface area contributed by atoms with Crippen LogP contribution in [-0.4, -0.2) is 24.2 Å². The number of thioether (sulfide) groups is 1. The molecule has 3 nitrogen and oxygen atoms in total. The normalized spacial score (nSPS) is 23.5. The molecule has 2 N–H and O–H groups in total. The van der Waals surface area contributed by atoms with E-state index < -0.39 is 0 Å². The van der Waals surface area contributed by atoms with Crippen LogP contribution in [-0.2, 0) is 4.79 Å². The number of nitrogens with one attached hydrogen (secondary N) is 2. The predicted octanol–water partition coefficient (Wildman–Crippen LogP) is 3.43. The minimum Gasteiger partial charge on any atom is -0.349 e. The largest absolute Gasteiger partial charge is 0.349 e. The molecule has 0 aliphatic carbocycles. The van der Waals surface area contributed by atoms with E-state index in [2.05, 4.69) is 10.6 Å². The van der Waals surface area contributed by atoms with Gasteiger partial charge in [-0.25, -0.2) is 4.39 Å². The summed E-state index contributed by atoms with van der Waals surface area (Å²) in [6.45, 7) is 1.07. The highest BCUT2D eigenvalue weighted by Crippen LogP contribution is 2.36. The van der Waals surface area contributed by atoms with Gasteiger partial charge in [-0.3, -0.25) is 4.79 Å². The average Bonchev–Trinajstić information content (AvgIpc) is 2.99. The molecule has 1 aromatic carbocycles. The van der Waals surface area contributed by atoms with Crippen molar-refractivity contribution >= 4 is 30.1 Å². The van der Waals surface area contributed by atoms with Crippen molar-refractivity contribution in [3.05, 3.63) is 29.6 Å². The van der Waals surface area contributed by atoms with Crippen LogP contribution in [0.3, 0.4) is 0 Å². The second kappa shape index (κ2) is 8.18. The minimum atomic E-state index is -0.231. The van der Waals surface area contributed by atoms with Gasteiger partial charge in [0.05, 0.1) is 6.04 Å². The SMILES string of the molecule is Cl.O=C(CCC1CCCN1)NC1CCSc2ccc(F)cc21. The third-order valence-electron chi connectivity index (χ3n) is 4.23. The van der Waals surface area contributed by atoms with Crippen LogP contribution < -0.4 is 10.6 Å². The monoisotopic (exact) mass is 344 g/mol. The lowest BCUT2D eigenvalue weighted by Crippen LogP contribution is -2.32. The molecular formula is C16H22ClFN2OS. The van der Waals surface area contributed by atoms with Gasteiger partial charge >= 0.3 is 0 Å². The maximum absolute atomic E-state index is 13.4. The number of amides is 1. The maximum Gasteiger partial charge on any atom is 0.220 e. The van der Waals surface area contributed by atoms with Crippen LogP contribution in [0.2, 0.25) is 0 Å². The number of rotatable bonds is 4. The van der Waals surface area contributed by atoms with Crippen LogP contribution in [0, 0.1) is 5.82 Å². The molecule has 0 aromatic heterocycles. The molecule has 2 heterocycles. The highest BCUT2D eigenvalue weighted by molar-refractivity contribution is 7.99. The Bertz CT molecular complexity index is 523. The molecular weight excluding hydrogens is 323 g/mol. The third-order valence-corrected chi connectivity index (χ3v) is 5.35. The van der Waals surface area contributed by atoms with Gasteiger partial charge in [-0.15, -0.1) is 24.2 Å². The van der Waals surface area contributed by atoms with Crippen LogP contribution in [0.15, 0.2) is 23.1 Å². The van der Waals surface area contributed by atoms with Gasteiger partial charge in [0.25, 0.3) is 0 Å². The Balaban J connectivity index is 0.00000176.